The number of aliphatic carboxylic acids is 1. The lowest BCUT2D eigenvalue weighted by Crippen LogP contribution is -2.39. The molecule has 3 rings (SSSR count). The van der Waals surface area contributed by atoms with Crippen molar-refractivity contribution in [3.8, 4) is 0 Å². The standard InChI is InChI=1S/C19H20N2O4S/c22-17(13-9-10-26-11-13)21-16-4-2-1-3-15(16)18(23)20-14-7-5-12(6-8-14)19(24)25/h1-4,9-12,14H,5-8H2,(H,20,23)(H,21,22)(H,24,25). The second-order valence-electron chi connectivity index (χ2n) is 6.37. The molecule has 1 aromatic carbocycles. The summed E-state index contributed by atoms with van der Waals surface area (Å²) in [5.41, 5.74) is 1.41. The first-order chi connectivity index (χ1) is 12.5. The van der Waals surface area contributed by atoms with Gasteiger partial charge in [0.2, 0.25) is 0 Å². The van der Waals surface area contributed by atoms with Crippen LogP contribution in [0.15, 0.2) is 41.1 Å². The molecule has 0 radical (unpaired) electrons. The maximum absolute atomic E-state index is 12.6. The van der Waals surface area contributed by atoms with E-state index in [2.05, 4.69) is 10.6 Å². The SMILES string of the molecule is O=C(Nc1ccccc1C(=O)NC1CCC(C(=O)O)CC1)c1ccsc1. The first-order valence-electron chi connectivity index (χ1n) is 8.51. The van der Waals surface area contributed by atoms with Crippen LogP contribution >= 0.6 is 11.3 Å². The van der Waals surface area contributed by atoms with Gasteiger partial charge in [-0.05, 0) is 49.3 Å². The minimum Gasteiger partial charge on any atom is -0.481 e. The number of benzene rings is 1. The number of thiophene rings is 1. The molecule has 1 fully saturated rings. The van der Waals surface area contributed by atoms with Crippen molar-refractivity contribution in [3.63, 3.8) is 0 Å². The van der Waals surface area contributed by atoms with Crippen LogP contribution in [0.25, 0.3) is 0 Å². The molecule has 1 aromatic heterocycles. The number of carboxylic acid groups (broad SMARTS) is 1. The molecule has 0 saturated heterocycles. The predicted molar refractivity (Wildman–Crippen MR) is 99.6 cm³/mol. The molecule has 1 saturated carbocycles. The molecule has 0 aliphatic heterocycles. The summed E-state index contributed by atoms with van der Waals surface area (Å²) in [6.45, 7) is 0. The summed E-state index contributed by atoms with van der Waals surface area (Å²) < 4.78 is 0. The van der Waals surface area contributed by atoms with Crippen molar-refractivity contribution in [2.45, 2.75) is 31.7 Å². The molecule has 136 valence electrons. The third-order valence-corrected chi connectivity index (χ3v) is 5.30. The Morgan fingerprint density at radius 2 is 1.73 bits per heavy atom. The zero-order chi connectivity index (χ0) is 18.5. The van der Waals surface area contributed by atoms with Crippen molar-refractivity contribution in [2.24, 2.45) is 5.92 Å². The number of carbonyl (C=O) groups excluding carboxylic acids is 2. The number of rotatable bonds is 5. The predicted octanol–water partition coefficient (Wildman–Crippen LogP) is 3.37. The average molecular weight is 372 g/mol. The number of para-hydroxylation sites is 1. The van der Waals surface area contributed by atoms with Crippen LogP contribution in [0.5, 0.6) is 0 Å². The molecule has 6 nitrogen and oxygen atoms in total. The van der Waals surface area contributed by atoms with Crippen molar-refractivity contribution < 1.29 is 19.5 Å². The van der Waals surface area contributed by atoms with E-state index in [0.717, 1.165) is 0 Å². The first kappa shape index (κ1) is 18.1. The summed E-state index contributed by atoms with van der Waals surface area (Å²) in [7, 11) is 0. The van der Waals surface area contributed by atoms with Gasteiger partial charge >= 0.3 is 5.97 Å². The van der Waals surface area contributed by atoms with E-state index in [1.165, 1.54) is 11.3 Å². The fourth-order valence-corrected chi connectivity index (χ4v) is 3.76. The van der Waals surface area contributed by atoms with Crippen LogP contribution in [-0.2, 0) is 4.79 Å². The van der Waals surface area contributed by atoms with Crippen molar-refractivity contribution >= 4 is 34.8 Å². The van der Waals surface area contributed by atoms with Gasteiger partial charge in [0.15, 0.2) is 0 Å². The zero-order valence-electron chi connectivity index (χ0n) is 14.1. The molecule has 0 bridgehead atoms. The van der Waals surface area contributed by atoms with E-state index in [0.29, 0.717) is 42.5 Å². The lowest BCUT2D eigenvalue weighted by Gasteiger charge is -2.27. The molecule has 2 amide bonds. The van der Waals surface area contributed by atoms with E-state index in [1.807, 2.05) is 5.38 Å². The number of hydrogen-bond donors (Lipinski definition) is 3. The molecular formula is C19H20N2O4S. The van der Waals surface area contributed by atoms with Crippen molar-refractivity contribution in [3.05, 3.63) is 52.2 Å². The van der Waals surface area contributed by atoms with Crippen LogP contribution in [0.3, 0.4) is 0 Å². The van der Waals surface area contributed by atoms with E-state index in [1.54, 1.807) is 35.7 Å². The number of carbonyl (C=O) groups is 3. The fraction of sp³-hybridized carbons (Fsp3) is 0.316. The lowest BCUT2D eigenvalue weighted by molar-refractivity contribution is -0.142. The average Bonchev–Trinajstić information content (AvgIpc) is 3.17. The monoisotopic (exact) mass is 372 g/mol. The molecule has 7 heteroatoms. The normalized spacial score (nSPS) is 19.5. The van der Waals surface area contributed by atoms with Gasteiger partial charge in [0.05, 0.1) is 22.7 Å². The second kappa shape index (κ2) is 8.14. The maximum Gasteiger partial charge on any atom is 0.306 e. The van der Waals surface area contributed by atoms with Crippen molar-refractivity contribution in [1.29, 1.82) is 0 Å². The molecule has 3 N–H and O–H groups in total. The number of anilines is 1. The third kappa shape index (κ3) is 4.29. The molecule has 1 aliphatic carbocycles. The van der Waals surface area contributed by atoms with Crippen molar-refractivity contribution in [1.82, 2.24) is 5.32 Å². The smallest absolute Gasteiger partial charge is 0.306 e. The van der Waals surface area contributed by atoms with Crippen LogP contribution in [-0.4, -0.2) is 28.9 Å². The number of hydrogen-bond acceptors (Lipinski definition) is 4. The highest BCUT2D eigenvalue weighted by molar-refractivity contribution is 7.08. The van der Waals surface area contributed by atoms with E-state index in [-0.39, 0.29) is 23.8 Å². The Kier molecular flexibility index (Phi) is 5.68. The van der Waals surface area contributed by atoms with Gasteiger partial charge in [-0.1, -0.05) is 12.1 Å². The Balaban J connectivity index is 1.65. The minimum absolute atomic E-state index is 0.0428. The molecular weight excluding hydrogens is 352 g/mol. The summed E-state index contributed by atoms with van der Waals surface area (Å²) in [6, 6.07) is 8.55. The Hall–Kier alpha value is -2.67. The van der Waals surface area contributed by atoms with Crippen LogP contribution < -0.4 is 10.6 Å². The van der Waals surface area contributed by atoms with E-state index in [4.69, 9.17) is 5.11 Å². The van der Waals surface area contributed by atoms with Gasteiger partial charge < -0.3 is 15.7 Å². The highest BCUT2D eigenvalue weighted by Gasteiger charge is 2.27. The summed E-state index contributed by atoms with van der Waals surface area (Å²) in [4.78, 5) is 35.9. The van der Waals surface area contributed by atoms with Crippen LogP contribution in [0.4, 0.5) is 5.69 Å². The van der Waals surface area contributed by atoms with E-state index < -0.39 is 5.97 Å². The van der Waals surface area contributed by atoms with Crippen LogP contribution in [0.2, 0.25) is 0 Å². The molecule has 1 heterocycles. The Labute approximate surface area is 155 Å². The minimum atomic E-state index is -0.767. The van der Waals surface area contributed by atoms with E-state index >= 15 is 0 Å². The Morgan fingerprint density at radius 1 is 1.00 bits per heavy atom. The van der Waals surface area contributed by atoms with Gasteiger partial charge in [0, 0.05) is 11.4 Å². The Bertz CT molecular complexity index is 796. The molecule has 0 unspecified atom stereocenters. The van der Waals surface area contributed by atoms with Gasteiger partial charge in [-0.2, -0.15) is 11.3 Å². The molecule has 0 atom stereocenters. The summed E-state index contributed by atoms with van der Waals surface area (Å²) >= 11 is 1.43. The van der Waals surface area contributed by atoms with Gasteiger partial charge in [-0.3, -0.25) is 14.4 Å². The third-order valence-electron chi connectivity index (χ3n) is 4.61. The van der Waals surface area contributed by atoms with Gasteiger partial charge in [0.25, 0.3) is 11.8 Å². The number of carboxylic acids is 1. The Morgan fingerprint density at radius 3 is 2.38 bits per heavy atom. The molecule has 26 heavy (non-hydrogen) atoms. The lowest BCUT2D eigenvalue weighted by atomic mass is 9.86. The highest BCUT2D eigenvalue weighted by atomic mass is 32.1. The quantitative estimate of drug-likeness (QED) is 0.750. The van der Waals surface area contributed by atoms with E-state index in [9.17, 15) is 14.4 Å². The topological polar surface area (TPSA) is 95.5 Å². The van der Waals surface area contributed by atoms with Crippen LogP contribution in [0, 0.1) is 5.92 Å². The highest BCUT2D eigenvalue weighted by Crippen LogP contribution is 2.25. The molecule has 2 aromatic rings. The second-order valence-corrected chi connectivity index (χ2v) is 7.15. The number of amides is 2. The van der Waals surface area contributed by atoms with Gasteiger partial charge in [-0.15, -0.1) is 0 Å². The van der Waals surface area contributed by atoms with Gasteiger partial charge in [0.1, 0.15) is 0 Å². The fourth-order valence-electron chi connectivity index (χ4n) is 3.13. The summed E-state index contributed by atoms with van der Waals surface area (Å²) in [6.07, 6.45) is 2.42. The molecule has 0 spiro atoms. The maximum atomic E-state index is 12.6. The number of nitrogens with one attached hydrogen (secondary N) is 2. The van der Waals surface area contributed by atoms with Gasteiger partial charge in [-0.25, -0.2) is 0 Å². The summed E-state index contributed by atoms with van der Waals surface area (Å²) in [5, 5.41) is 18.4. The zero-order valence-corrected chi connectivity index (χ0v) is 14.9. The van der Waals surface area contributed by atoms with Crippen LogP contribution in [0.1, 0.15) is 46.4 Å². The first-order valence-corrected chi connectivity index (χ1v) is 9.45. The molecule has 1 aliphatic rings. The largest absolute Gasteiger partial charge is 0.481 e. The summed E-state index contributed by atoms with van der Waals surface area (Å²) in [5.74, 6) is -1.60. The van der Waals surface area contributed by atoms with Crippen molar-refractivity contribution in [2.75, 3.05) is 5.32 Å².